The molecule has 0 spiro atoms. The van der Waals surface area contributed by atoms with Crippen LogP contribution in [-0.4, -0.2) is 27.1 Å². The molecule has 9 nitrogen and oxygen atoms in total. The lowest BCUT2D eigenvalue weighted by atomic mass is 10.1. The minimum Gasteiger partial charge on any atom is -0.478 e. The van der Waals surface area contributed by atoms with Crippen LogP contribution in [0, 0.1) is 10.1 Å². The Morgan fingerprint density at radius 2 is 1.78 bits per heavy atom. The van der Waals surface area contributed by atoms with Crippen molar-refractivity contribution in [3.63, 3.8) is 0 Å². The molecule has 1 fully saturated rings. The van der Waals surface area contributed by atoms with Gasteiger partial charge in [0.1, 0.15) is 11.5 Å². The number of carboxylic acid groups (broad SMARTS) is 1. The maximum absolute atomic E-state index is 13.4. The van der Waals surface area contributed by atoms with E-state index in [1.807, 2.05) is 6.07 Å². The predicted molar refractivity (Wildman–Crippen MR) is 141 cm³/mol. The fourth-order valence-electron chi connectivity index (χ4n) is 3.66. The zero-order chi connectivity index (χ0) is 25.9. The van der Waals surface area contributed by atoms with Gasteiger partial charge in [-0.15, -0.1) is 0 Å². The van der Waals surface area contributed by atoms with E-state index in [1.54, 1.807) is 66.7 Å². The van der Waals surface area contributed by atoms with Crippen LogP contribution in [0.1, 0.15) is 16.1 Å². The van der Waals surface area contributed by atoms with E-state index in [1.165, 1.54) is 29.2 Å². The first-order valence-electron chi connectivity index (χ1n) is 10.9. The molecule has 0 atom stereocenters. The number of aromatic carboxylic acids is 1. The fraction of sp³-hybridized carbons (Fsp3) is 0. The Bertz CT molecular complexity index is 1590. The number of thioether (sulfide) groups is 1. The molecular formula is C27H17N3O6S. The number of carbonyl (C=O) groups is 2. The monoisotopic (exact) mass is 511 g/mol. The van der Waals surface area contributed by atoms with E-state index in [9.17, 15) is 24.8 Å². The number of nitrogens with zero attached hydrogens (tertiary/aromatic N) is 3. The molecular weight excluding hydrogens is 494 g/mol. The van der Waals surface area contributed by atoms with Crippen molar-refractivity contribution in [2.75, 3.05) is 4.90 Å². The fourth-order valence-corrected chi connectivity index (χ4v) is 4.64. The molecule has 1 N–H and O–H groups in total. The molecule has 0 saturated carbocycles. The van der Waals surface area contributed by atoms with Crippen LogP contribution in [0.5, 0.6) is 0 Å². The van der Waals surface area contributed by atoms with Crippen molar-refractivity contribution in [3.05, 3.63) is 117 Å². The van der Waals surface area contributed by atoms with Gasteiger partial charge in [-0.25, -0.2) is 9.79 Å². The smallest absolute Gasteiger partial charge is 0.335 e. The van der Waals surface area contributed by atoms with Crippen LogP contribution in [0.2, 0.25) is 0 Å². The summed E-state index contributed by atoms with van der Waals surface area (Å²) in [7, 11) is 0. The number of rotatable bonds is 6. The summed E-state index contributed by atoms with van der Waals surface area (Å²) in [4.78, 5) is 41.8. The van der Waals surface area contributed by atoms with Crippen LogP contribution >= 0.6 is 11.8 Å². The summed E-state index contributed by atoms with van der Waals surface area (Å²) in [6.07, 6.45) is 1.58. The van der Waals surface area contributed by atoms with Gasteiger partial charge in [-0.3, -0.25) is 19.8 Å². The molecule has 1 saturated heterocycles. The highest BCUT2D eigenvalue weighted by molar-refractivity contribution is 8.19. The highest BCUT2D eigenvalue weighted by Crippen LogP contribution is 2.38. The van der Waals surface area contributed by atoms with Crippen molar-refractivity contribution in [2.24, 2.45) is 4.99 Å². The Kier molecular flexibility index (Phi) is 6.40. The SMILES string of the molecule is O=C(O)c1cccc(N=C2S/C(=C/c3ccc(-c4cccc([N+](=O)[O-])c4)o3)C(=O)N2c2ccccc2)c1. The van der Waals surface area contributed by atoms with Gasteiger partial charge in [-0.05, 0) is 54.2 Å². The lowest BCUT2D eigenvalue weighted by Gasteiger charge is -2.15. The number of carbonyl (C=O) groups excluding carboxylic acids is 1. The van der Waals surface area contributed by atoms with Crippen LogP contribution in [0.3, 0.4) is 0 Å². The van der Waals surface area contributed by atoms with Gasteiger partial charge in [0, 0.05) is 23.8 Å². The molecule has 5 rings (SSSR count). The number of hydrogen-bond acceptors (Lipinski definition) is 7. The molecule has 0 unspecified atom stereocenters. The minimum atomic E-state index is -1.07. The normalized spacial score (nSPS) is 15.5. The molecule has 37 heavy (non-hydrogen) atoms. The van der Waals surface area contributed by atoms with E-state index in [-0.39, 0.29) is 17.2 Å². The number of amides is 1. The molecule has 1 aliphatic heterocycles. The first-order chi connectivity index (χ1) is 17.9. The van der Waals surface area contributed by atoms with E-state index in [2.05, 4.69) is 4.99 Å². The van der Waals surface area contributed by atoms with E-state index in [0.29, 0.717) is 38.5 Å². The Labute approximate surface area is 214 Å². The maximum Gasteiger partial charge on any atom is 0.335 e. The summed E-state index contributed by atoms with van der Waals surface area (Å²) >= 11 is 1.13. The number of carboxylic acids is 1. The number of nitro groups is 1. The first-order valence-corrected chi connectivity index (χ1v) is 11.8. The Hall–Kier alpha value is -4.96. The Balaban J connectivity index is 1.50. The molecule has 182 valence electrons. The maximum atomic E-state index is 13.4. The summed E-state index contributed by atoms with van der Waals surface area (Å²) in [5.41, 5.74) is 1.57. The number of benzene rings is 3. The van der Waals surface area contributed by atoms with E-state index < -0.39 is 10.9 Å². The predicted octanol–water partition coefficient (Wildman–Crippen LogP) is 6.36. The Morgan fingerprint density at radius 1 is 1.00 bits per heavy atom. The zero-order valence-electron chi connectivity index (χ0n) is 19.0. The number of amidine groups is 1. The number of hydrogen-bond donors (Lipinski definition) is 1. The number of nitro benzene ring substituents is 1. The molecule has 1 aliphatic rings. The van der Waals surface area contributed by atoms with Crippen molar-refractivity contribution in [2.45, 2.75) is 0 Å². The highest BCUT2D eigenvalue weighted by atomic mass is 32.2. The number of aliphatic imine (C=N–C) groups is 1. The highest BCUT2D eigenvalue weighted by Gasteiger charge is 2.35. The second-order valence-electron chi connectivity index (χ2n) is 7.85. The van der Waals surface area contributed by atoms with Crippen molar-refractivity contribution in [1.82, 2.24) is 0 Å². The van der Waals surface area contributed by atoms with E-state index in [0.717, 1.165) is 11.8 Å². The van der Waals surface area contributed by atoms with E-state index in [4.69, 9.17) is 4.42 Å². The largest absolute Gasteiger partial charge is 0.478 e. The standard InChI is InChI=1S/C27H17N3O6S/c31-25-24(16-22-12-13-23(36-22)17-6-5-11-21(15-17)30(34)35)37-27(29(25)20-9-2-1-3-10-20)28-19-8-4-7-18(14-19)26(32)33/h1-16H,(H,32,33)/b24-16+,28-27?. The molecule has 0 bridgehead atoms. The third-order valence-corrected chi connectivity index (χ3v) is 6.35. The summed E-state index contributed by atoms with van der Waals surface area (Å²) in [5, 5.41) is 20.8. The molecule has 1 amide bonds. The third kappa shape index (κ3) is 5.04. The molecule has 1 aromatic heterocycles. The number of para-hydroxylation sites is 1. The second kappa shape index (κ2) is 9.96. The summed E-state index contributed by atoms with van der Waals surface area (Å²) in [6.45, 7) is 0. The van der Waals surface area contributed by atoms with Gasteiger partial charge in [0.25, 0.3) is 11.6 Å². The number of anilines is 1. The van der Waals surface area contributed by atoms with Gasteiger partial charge in [0.05, 0.1) is 26.8 Å². The van der Waals surface area contributed by atoms with Crippen molar-refractivity contribution >= 4 is 51.9 Å². The lowest BCUT2D eigenvalue weighted by molar-refractivity contribution is -0.384. The van der Waals surface area contributed by atoms with Gasteiger partial charge >= 0.3 is 5.97 Å². The van der Waals surface area contributed by atoms with Crippen molar-refractivity contribution in [3.8, 4) is 11.3 Å². The van der Waals surface area contributed by atoms with Crippen LogP contribution in [0.15, 0.2) is 105 Å². The first kappa shape index (κ1) is 23.8. The molecule has 4 aromatic rings. The topological polar surface area (TPSA) is 126 Å². The van der Waals surface area contributed by atoms with Gasteiger partial charge < -0.3 is 9.52 Å². The zero-order valence-corrected chi connectivity index (χ0v) is 19.8. The summed E-state index contributed by atoms with van der Waals surface area (Å²) in [6, 6.07) is 24.6. The third-order valence-electron chi connectivity index (χ3n) is 5.38. The average Bonchev–Trinajstić information content (AvgIpc) is 3.49. The van der Waals surface area contributed by atoms with Crippen LogP contribution in [-0.2, 0) is 4.79 Å². The van der Waals surface area contributed by atoms with Crippen LogP contribution in [0.25, 0.3) is 17.4 Å². The average molecular weight is 512 g/mol. The molecule has 10 heteroatoms. The summed E-state index contributed by atoms with van der Waals surface area (Å²) < 4.78 is 5.86. The Morgan fingerprint density at radius 3 is 2.54 bits per heavy atom. The van der Waals surface area contributed by atoms with Gasteiger partial charge in [-0.1, -0.05) is 36.4 Å². The van der Waals surface area contributed by atoms with Gasteiger partial charge in [0.2, 0.25) is 0 Å². The molecule has 3 aromatic carbocycles. The van der Waals surface area contributed by atoms with Crippen molar-refractivity contribution in [1.29, 1.82) is 0 Å². The lowest BCUT2D eigenvalue weighted by Crippen LogP contribution is -2.28. The minimum absolute atomic E-state index is 0.0540. The number of furan rings is 1. The van der Waals surface area contributed by atoms with Gasteiger partial charge in [0.15, 0.2) is 5.17 Å². The van der Waals surface area contributed by atoms with E-state index >= 15 is 0 Å². The number of non-ortho nitro benzene ring substituents is 1. The quantitative estimate of drug-likeness (QED) is 0.181. The van der Waals surface area contributed by atoms with Gasteiger partial charge in [-0.2, -0.15) is 0 Å². The van der Waals surface area contributed by atoms with Crippen LogP contribution in [0.4, 0.5) is 17.1 Å². The van der Waals surface area contributed by atoms with Crippen molar-refractivity contribution < 1.29 is 24.0 Å². The second-order valence-corrected chi connectivity index (χ2v) is 8.86. The molecule has 0 radical (unpaired) electrons. The van der Waals surface area contributed by atoms with Crippen LogP contribution < -0.4 is 4.90 Å². The summed E-state index contributed by atoms with van der Waals surface area (Å²) in [5.74, 6) is -0.586. The molecule has 0 aliphatic carbocycles. The molecule has 2 heterocycles.